The minimum absolute atomic E-state index is 0.00404. The fourth-order valence-electron chi connectivity index (χ4n) is 2.35. The summed E-state index contributed by atoms with van der Waals surface area (Å²) in [4.78, 5) is 12.4. The van der Waals surface area contributed by atoms with Crippen molar-refractivity contribution < 1.29 is 9.53 Å². The molecule has 0 fully saturated rings. The average Bonchev–Trinajstić information content (AvgIpc) is 2.99. The van der Waals surface area contributed by atoms with Gasteiger partial charge in [-0.05, 0) is 37.5 Å². The first-order valence-corrected chi connectivity index (χ1v) is 8.38. The Morgan fingerprint density at radius 1 is 1.17 bits per heavy atom. The molecule has 0 aliphatic carbocycles. The van der Waals surface area contributed by atoms with Crippen LogP contribution < -0.4 is 10.1 Å². The van der Waals surface area contributed by atoms with Gasteiger partial charge >= 0.3 is 0 Å². The van der Waals surface area contributed by atoms with Gasteiger partial charge in [-0.1, -0.05) is 26.0 Å². The van der Waals surface area contributed by atoms with Crippen molar-refractivity contribution in [3.8, 4) is 5.75 Å². The molecule has 2 atom stereocenters. The summed E-state index contributed by atoms with van der Waals surface area (Å²) in [5.74, 6) is 1.12. The predicted octanol–water partition coefficient (Wildman–Crippen LogP) is 3.44. The van der Waals surface area contributed by atoms with Gasteiger partial charge in [0.15, 0.2) is 0 Å². The van der Waals surface area contributed by atoms with E-state index in [2.05, 4.69) is 24.3 Å². The van der Waals surface area contributed by atoms with Gasteiger partial charge in [0.25, 0.3) is 0 Å². The third-order valence-corrected chi connectivity index (χ3v) is 3.94. The lowest BCUT2D eigenvalue weighted by atomic mass is 10.0. The third kappa shape index (κ3) is 4.85. The Bertz CT molecular complexity index is 662. The minimum atomic E-state index is -0.227. The summed E-state index contributed by atoms with van der Waals surface area (Å²) in [6.07, 6.45) is 3.60. The molecule has 1 aromatic carbocycles. The molecule has 0 saturated heterocycles. The van der Waals surface area contributed by atoms with Crippen LogP contribution in [-0.4, -0.2) is 22.3 Å². The number of hydrogen-bond acceptors (Lipinski definition) is 3. The molecule has 0 aliphatic rings. The van der Waals surface area contributed by atoms with Gasteiger partial charge in [-0.25, -0.2) is 0 Å². The lowest BCUT2D eigenvalue weighted by Crippen LogP contribution is -2.30. The normalized spacial score (nSPS) is 13.6. The number of carbonyl (C=O) groups excluding carboxylic acids is 1. The zero-order valence-electron chi connectivity index (χ0n) is 15.1. The molecule has 1 aromatic heterocycles. The van der Waals surface area contributed by atoms with Crippen LogP contribution >= 0.6 is 0 Å². The molecule has 130 valence electrons. The highest BCUT2D eigenvalue weighted by molar-refractivity contribution is 5.83. The maximum absolute atomic E-state index is 12.4. The molecule has 0 bridgehead atoms. The van der Waals surface area contributed by atoms with Crippen LogP contribution in [-0.2, 0) is 11.8 Å². The van der Waals surface area contributed by atoms with E-state index < -0.39 is 0 Å². The molecule has 0 radical (unpaired) electrons. The fraction of sp³-hybridized carbons (Fsp3) is 0.474. The standard InChI is InChI=1S/C19H27N3O2/c1-13(2)12-24-18-8-6-16(7-9-18)15(4)21-19(23)14(3)17-10-20-22(5)11-17/h6-11,13-15H,12H2,1-5H3,(H,21,23)/t14-,15-/m0/s1. The minimum Gasteiger partial charge on any atom is -0.493 e. The number of nitrogens with one attached hydrogen (secondary N) is 1. The number of ether oxygens (including phenoxy) is 1. The highest BCUT2D eigenvalue weighted by Crippen LogP contribution is 2.20. The Hall–Kier alpha value is -2.30. The molecule has 1 N–H and O–H groups in total. The highest BCUT2D eigenvalue weighted by atomic mass is 16.5. The molecule has 2 rings (SSSR count). The summed E-state index contributed by atoms with van der Waals surface area (Å²) in [6.45, 7) is 8.82. The molecule has 0 aliphatic heterocycles. The number of carbonyl (C=O) groups is 1. The van der Waals surface area contributed by atoms with Gasteiger partial charge in [0.2, 0.25) is 5.91 Å². The van der Waals surface area contributed by atoms with Crippen molar-refractivity contribution in [2.75, 3.05) is 6.61 Å². The topological polar surface area (TPSA) is 56.1 Å². The Labute approximate surface area is 144 Å². The smallest absolute Gasteiger partial charge is 0.227 e. The molecule has 5 heteroatoms. The number of rotatable bonds is 7. The summed E-state index contributed by atoms with van der Waals surface area (Å²) in [5, 5.41) is 7.18. The van der Waals surface area contributed by atoms with E-state index in [1.54, 1.807) is 10.9 Å². The van der Waals surface area contributed by atoms with Crippen LogP contribution in [0.4, 0.5) is 0 Å². The van der Waals surface area contributed by atoms with E-state index in [9.17, 15) is 4.79 Å². The number of aromatic nitrogens is 2. The van der Waals surface area contributed by atoms with E-state index in [4.69, 9.17) is 4.74 Å². The average molecular weight is 329 g/mol. The SMILES string of the molecule is CC(C)COc1ccc([C@H](C)NC(=O)[C@@H](C)c2cnn(C)c2)cc1. The second-order valence-electron chi connectivity index (χ2n) is 6.67. The van der Waals surface area contributed by atoms with Crippen LogP contribution in [0, 0.1) is 5.92 Å². The summed E-state index contributed by atoms with van der Waals surface area (Å²) < 4.78 is 7.39. The quantitative estimate of drug-likeness (QED) is 0.846. The molecule has 24 heavy (non-hydrogen) atoms. The van der Waals surface area contributed by atoms with E-state index >= 15 is 0 Å². The molecule has 0 spiro atoms. The number of aryl methyl sites for hydroxylation is 1. The number of hydrogen-bond donors (Lipinski definition) is 1. The zero-order chi connectivity index (χ0) is 17.7. The van der Waals surface area contributed by atoms with Gasteiger partial charge in [-0.2, -0.15) is 5.10 Å². The largest absolute Gasteiger partial charge is 0.493 e. The van der Waals surface area contributed by atoms with Crippen LogP contribution in [0.15, 0.2) is 36.7 Å². The van der Waals surface area contributed by atoms with Crippen molar-refractivity contribution in [2.24, 2.45) is 13.0 Å². The molecule has 0 unspecified atom stereocenters. The van der Waals surface area contributed by atoms with Crippen molar-refractivity contribution in [1.29, 1.82) is 0 Å². The van der Waals surface area contributed by atoms with E-state index in [0.717, 1.165) is 16.9 Å². The monoisotopic (exact) mass is 329 g/mol. The van der Waals surface area contributed by atoms with E-state index in [1.807, 2.05) is 51.4 Å². The van der Waals surface area contributed by atoms with Gasteiger partial charge in [0.05, 0.1) is 24.8 Å². The first-order chi connectivity index (χ1) is 11.4. The van der Waals surface area contributed by atoms with Crippen LogP contribution in [0.5, 0.6) is 5.75 Å². The van der Waals surface area contributed by atoms with E-state index in [1.165, 1.54) is 0 Å². The fourth-order valence-corrected chi connectivity index (χ4v) is 2.35. The van der Waals surface area contributed by atoms with Crippen LogP contribution in [0.2, 0.25) is 0 Å². The summed E-state index contributed by atoms with van der Waals surface area (Å²) >= 11 is 0. The second-order valence-corrected chi connectivity index (χ2v) is 6.67. The van der Waals surface area contributed by atoms with Crippen LogP contribution in [0.3, 0.4) is 0 Å². The second kappa shape index (κ2) is 7.99. The maximum atomic E-state index is 12.4. The third-order valence-electron chi connectivity index (χ3n) is 3.94. The van der Waals surface area contributed by atoms with Crippen LogP contribution in [0.1, 0.15) is 50.8 Å². The van der Waals surface area contributed by atoms with Gasteiger partial charge in [-0.3, -0.25) is 9.48 Å². The Morgan fingerprint density at radius 2 is 1.83 bits per heavy atom. The number of amides is 1. The van der Waals surface area contributed by atoms with Gasteiger partial charge in [0.1, 0.15) is 5.75 Å². The van der Waals surface area contributed by atoms with Crippen molar-refractivity contribution in [1.82, 2.24) is 15.1 Å². The molecule has 2 aromatic rings. The number of nitrogens with zero attached hydrogens (tertiary/aromatic N) is 2. The van der Waals surface area contributed by atoms with Gasteiger partial charge in [0, 0.05) is 18.8 Å². The molecular formula is C19H27N3O2. The Balaban J connectivity index is 1.93. The molecule has 1 amide bonds. The Morgan fingerprint density at radius 3 is 2.38 bits per heavy atom. The van der Waals surface area contributed by atoms with E-state index in [-0.39, 0.29) is 17.9 Å². The lowest BCUT2D eigenvalue weighted by molar-refractivity contribution is -0.122. The van der Waals surface area contributed by atoms with Crippen molar-refractivity contribution >= 4 is 5.91 Å². The van der Waals surface area contributed by atoms with Gasteiger partial charge < -0.3 is 10.1 Å². The first kappa shape index (κ1) is 18.0. The molecule has 5 nitrogen and oxygen atoms in total. The Kier molecular flexibility index (Phi) is 6.01. The summed E-state index contributed by atoms with van der Waals surface area (Å²) in [7, 11) is 1.85. The molecular weight excluding hydrogens is 302 g/mol. The first-order valence-electron chi connectivity index (χ1n) is 8.38. The predicted molar refractivity (Wildman–Crippen MR) is 95.0 cm³/mol. The highest BCUT2D eigenvalue weighted by Gasteiger charge is 2.19. The molecule has 0 saturated carbocycles. The summed E-state index contributed by atoms with van der Waals surface area (Å²) in [6, 6.07) is 7.83. The van der Waals surface area contributed by atoms with Crippen LogP contribution in [0.25, 0.3) is 0 Å². The zero-order valence-corrected chi connectivity index (χ0v) is 15.1. The maximum Gasteiger partial charge on any atom is 0.227 e. The van der Waals surface area contributed by atoms with Crippen molar-refractivity contribution in [3.63, 3.8) is 0 Å². The van der Waals surface area contributed by atoms with E-state index in [0.29, 0.717) is 12.5 Å². The van der Waals surface area contributed by atoms with Gasteiger partial charge in [-0.15, -0.1) is 0 Å². The molecule has 1 heterocycles. The lowest BCUT2D eigenvalue weighted by Gasteiger charge is -2.18. The van der Waals surface area contributed by atoms with Crippen molar-refractivity contribution in [3.05, 3.63) is 47.8 Å². The number of benzene rings is 1. The van der Waals surface area contributed by atoms with Crippen molar-refractivity contribution in [2.45, 2.75) is 39.7 Å². The summed E-state index contributed by atoms with van der Waals surface area (Å²) in [5.41, 5.74) is 1.97.